The van der Waals surface area contributed by atoms with Gasteiger partial charge in [-0.1, -0.05) is 36.0 Å². The smallest absolute Gasteiger partial charge is 0.277 e. The highest BCUT2D eigenvalue weighted by atomic mass is 32.2. The minimum atomic E-state index is -3.68. The van der Waals surface area contributed by atoms with Crippen molar-refractivity contribution in [1.82, 2.24) is 10.2 Å². The van der Waals surface area contributed by atoms with Gasteiger partial charge in [-0.05, 0) is 30.7 Å². The molecule has 0 radical (unpaired) electrons. The van der Waals surface area contributed by atoms with Gasteiger partial charge in [-0.3, -0.25) is 10.1 Å². The predicted molar refractivity (Wildman–Crippen MR) is 105 cm³/mol. The third-order valence-electron chi connectivity index (χ3n) is 3.74. The zero-order valence-corrected chi connectivity index (χ0v) is 16.3. The number of benzene rings is 2. The van der Waals surface area contributed by atoms with Gasteiger partial charge in [0.05, 0.1) is 9.82 Å². The lowest BCUT2D eigenvalue weighted by molar-refractivity contribution is -0.384. The zero-order valence-electron chi connectivity index (χ0n) is 14.7. The monoisotopic (exact) mass is 417 g/mol. The molecule has 0 amide bonds. The Bertz CT molecular complexity index is 1120. The third-order valence-corrected chi connectivity index (χ3v) is 5.99. The Labute approximate surface area is 165 Å². The summed E-state index contributed by atoms with van der Waals surface area (Å²) >= 11 is 1.20. The van der Waals surface area contributed by atoms with Gasteiger partial charge in [0, 0.05) is 28.9 Å². The number of sulfone groups is 1. The van der Waals surface area contributed by atoms with Gasteiger partial charge in [0.2, 0.25) is 5.89 Å². The molecular weight excluding hydrogens is 402 g/mol. The van der Waals surface area contributed by atoms with Gasteiger partial charge in [-0.2, -0.15) is 0 Å². The first-order chi connectivity index (χ1) is 13.4. The van der Waals surface area contributed by atoms with Crippen molar-refractivity contribution in [2.75, 3.05) is 5.75 Å². The molecule has 0 aliphatic rings. The molecule has 10 heteroatoms. The lowest BCUT2D eigenvalue weighted by atomic mass is 10.1. The fraction of sp³-hybridized carbons (Fsp3) is 0.111. The van der Waals surface area contributed by atoms with Gasteiger partial charge in [0.25, 0.3) is 10.9 Å². The number of hydrogen-bond donors (Lipinski definition) is 0. The van der Waals surface area contributed by atoms with Crippen LogP contribution in [0.5, 0.6) is 0 Å². The first-order valence-electron chi connectivity index (χ1n) is 8.05. The summed E-state index contributed by atoms with van der Waals surface area (Å²) in [7, 11) is -3.68. The molecule has 0 spiro atoms. The summed E-state index contributed by atoms with van der Waals surface area (Å²) in [5, 5.41) is 20.0. The molecule has 2 aromatic carbocycles. The van der Waals surface area contributed by atoms with E-state index in [1.807, 2.05) is 31.2 Å². The lowest BCUT2D eigenvalue weighted by Crippen LogP contribution is -1.97. The van der Waals surface area contributed by atoms with Crippen LogP contribution in [0.1, 0.15) is 5.56 Å². The van der Waals surface area contributed by atoms with Crippen molar-refractivity contribution in [1.29, 1.82) is 0 Å². The Hall–Kier alpha value is -2.98. The van der Waals surface area contributed by atoms with Crippen molar-refractivity contribution in [3.63, 3.8) is 0 Å². The number of nitrogens with zero attached hydrogens (tertiary/aromatic N) is 3. The van der Waals surface area contributed by atoms with Crippen LogP contribution in [0.4, 0.5) is 5.69 Å². The molecular formula is C18H15N3O5S2. The number of nitro groups is 1. The van der Waals surface area contributed by atoms with Gasteiger partial charge in [-0.15, -0.1) is 10.2 Å². The molecule has 28 heavy (non-hydrogen) atoms. The molecule has 3 aromatic rings. The van der Waals surface area contributed by atoms with E-state index in [4.69, 9.17) is 4.42 Å². The van der Waals surface area contributed by atoms with E-state index in [9.17, 15) is 18.5 Å². The molecule has 8 nitrogen and oxygen atoms in total. The maximum absolute atomic E-state index is 12.2. The Morgan fingerprint density at radius 2 is 1.86 bits per heavy atom. The molecule has 0 N–H and O–H groups in total. The minimum Gasteiger partial charge on any atom is -0.411 e. The van der Waals surface area contributed by atoms with E-state index in [1.54, 1.807) is 0 Å². The van der Waals surface area contributed by atoms with Crippen LogP contribution < -0.4 is 0 Å². The summed E-state index contributed by atoms with van der Waals surface area (Å²) in [4.78, 5) is 10.0. The molecule has 0 aliphatic carbocycles. The third kappa shape index (κ3) is 4.65. The van der Waals surface area contributed by atoms with E-state index in [0.717, 1.165) is 28.7 Å². The summed E-state index contributed by atoms with van der Waals surface area (Å²) in [6.07, 6.45) is 1.46. The quantitative estimate of drug-likeness (QED) is 0.321. The lowest BCUT2D eigenvalue weighted by Gasteiger charge is -1.99. The van der Waals surface area contributed by atoms with Crippen LogP contribution in [0.15, 0.2) is 74.6 Å². The van der Waals surface area contributed by atoms with Gasteiger partial charge < -0.3 is 4.42 Å². The average Bonchev–Trinajstić information content (AvgIpc) is 3.14. The maximum Gasteiger partial charge on any atom is 0.277 e. The van der Waals surface area contributed by atoms with Crippen LogP contribution in [0.2, 0.25) is 0 Å². The molecule has 0 aliphatic heterocycles. The number of thioether (sulfide) groups is 1. The standard InChI is InChI=1S/C18H15N3O5S2/c1-13-5-2-3-6-16(13)17-19-20-18(26-17)27-11-4-12-28(24,25)15-9-7-14(8-10-15)21(22)23/h2-10,12H,11H2,1H3/b12-4+. The maximum atomic E-state index is 12.2. The van der Waals surface area contributed by atoms with E-state index in [2.05, 4.69) is 10.2 Å². The molecule has 3 rings (SSSR count). The molecule has 0 bridgehead atoms. The average molecular weight is 417 g/mol. The van der Waals surface area contributed by atoms with Crippen LogP contribution in [0.25, 0.3) is 11.5 Å². The van der Waals surface area contributed by atoms with Gasteiger partial charge in [-0.25, -0.2) is 8.42 Å². The Morgan fingerprint density at radius 1 is 1.14 bits per heavy atom. The van der Waals surface area contributed by atoms with E-state index < -0.39 is 14.8 Å². The molecule has 1 heterocycles. The summed E-state index contributed by atoms with van der Waals surface area (Å²) < 4.78 is 30.1. The van der Waals surface area contributed by atoms with E-state index >= 15 is 0 Å². The topological polar surface area (TPSA) is 116 Å². The van der Waals surface area contributed by atoms with Crippen LogP contribution in [-0.2, 0) is 9.84 Å². The highest BCUT2D eigenvalue weighted by molar-refractivity contribution is 7.99. The van der Waals surface area contributed by atoms with Crippen LogP contribution in [0, 0.1) is 17.0 Å². The van der Waals surface area contributed by atoms with Crippen LogP contribution in [-0.4, -0.2) is 29.3 Å². The second kappa shape index (κ2) is 8.36. The minimum absolute atomic E-state index is 0.0148. The van der Waals surface area contributed by atoms with Gasteiger partial charge >= 0.3 is 0 Å². The van der Waals surface area contributed by atoms with E-state index in [-0.39, 0.29) is 10.6 Å². The second-order valence-electron chi connectivity index (χ2n) is 5.67. The highest BCUT2D eigenvalue weighted by Gasteiger charge is 2.13. The summed E-state index contributed by atoms with van der Waals surface area (Å²) in [6, 6.07) is 12.3. The number of nitro benzene ring substituents is 1. The zero-order chi connectivity index (χ0) is 20.1. The molecule has 1 aromatic heterocycles. The number of aryl methyl sites for hydroxylation is 1. The van der Waals surface area contributed by atoms with Gasteiger partial charge in [0.1, 0.15) is 0 Å². The van der Waals surface area contributed by atoms with Crippen molar-refractivity contribution in [3.05, 3.63) is 75.7 Å². The summed E-state index contributed by atoms with van der Waals surface area (Å²) in [5.41, 5.74) is 1.69. The predicted octanol–water partition coefficient (Wildman–Crippen LogP) is 4.03. The number of aromatic nitrogens is 2. The first-order valence-corrected chi connectivity index (χ1v) is 10.6. The van der Waals surface area contributed by atoms with Crippen LogP contribution >= 0.6 is 11.8 Å². The van der Waals surface area contributed by atoms with Crippen molar-refractivity contribution in [2.24, 2.45) is 0 Å². The number of non-ortho nitro benzene ring substituents is 1. The largest absolute Gasteiger partial charge is 0.411 e. The fourth-order valence-electron chi connectivity index (χ4n) is 2.31. The van der Waals surface area contributed by atoms with Crippen molar-refractivity contribution in [2.45, 2.75) is 17.0 Å². The van der Waals surface area contributed by atoms with Crippen molar-refractivity contribution < 1.29 is 17.8 Å². The normalized spacial score (nSPS) is 11.8. The fourth-order valence-corrected chi connectivity index (χ4v) is 4.03. The van der Waals surface area contributed by atoms with E-state index in [1.165, 1.54) is 30.0 Å². The SMILES string of the molecule is Cc1ccccc1-c1nnc(SC/C=C/S(=O)(=O)c2ccc([N+](=O)[O-])cc2)o1. The summed E-state index contributed by atoms with van der Waals surface area (Å²) in [6.45, 7) is 1.94. The van der Waals surface area contributed by atoms with Crippen molar-refractivity contribution >= 4 is 27.3 Å². The molecule has 0 saturated carbocycles. The molecule has 0 unspecified atom stereocenters. The highest BCUT2D eigenvalue weighted by Crippen LogP contribution is 2.25. The van der Waals surface area contributed by atoms with Crippen LogP contribution in [0.3, 0.4) is 0 Å². The Kier molecular flexibility index (Phi) is 5.90. The summed E-state index contributed by atoms with van der Waals surface area (Å²) in [5.74, 6) is 0.713. The van der Waals surface area contributed by atoms with Gasteiger partial charge in [0.15, 0.2) is 9.84 Å². The van der Waals surface area contributed by atoms with Crippen molar-refractivity contribution in [3.8, 4) is 11.5 Å². The number of rotatable bonds is 7. The molecule has 0 saturated heterocycles. The molecule has 0 fully saturated rings. The molecule has 144 valence electrons. The number of hydrogen-bond acceptors (Lipinski definition) is 8. The Morgan fingerprint density at radius 3 is 2.54 bits per heavy atom. The second-order valence-corrected chi connectivity index (χ2v) is 8.47. The molecule has 0 atom stereocenters. The Balaban J connectivity index is 1.62. The first kappa shape index (κ1) is 19.8. The van der Waals surface area contributed by atoms with E-state index in [0.29, 0.717) is 16.9 Å².